The highest BCUT2D eigenvalue weighted by Gasteiger charge is 2.08. The van der Waals surface area contributed by atoms with Crippen LogP contribution in [-0.4, -0.2) is 32.7 Å². The van der Waals surface area contributed by atoms with Gasteiger partial charge in [0.25, 0.3) is 5.91 Å². The van der Waals surface area contributed by atoms with E-state index in [-0.39, 0.29) is 5.75 Å². The molecule has 2 aromatic rings. The number of esters is 1. The minimum Gasteiger partial charge on any atom is -0.495 e. The van der Waals surface area contributed by atoms with Crippen LogP contribution in [0.15, 0.2) is 42.5 Å². The Kier molecular flexibility index (Phi) is 7.19. The molecule has 0 saturated carbocycles. The number of carbonyl (C=O) groups is 2. The smallest absolute Gasteiger partial charge is 0.331 e. The van der Waals surface area contributed by atoms with Crippen molar-refractivity contribution in [2.24, 2.45) is 0 Å². The van der Waals surface area contributed by atoms with E-state index in [4.69, 9.17) is 25.8 Å². The molecule has 0 aromatic heterocycles. The third-order valence-electron chi connectivity index (χ3n) is 3.37. The molecular weight excluding hydrogens is 377 g/mol. The summed E-state index contributed by atoms with van der Waals surface area (Å²) in [5.74, 6) is -1.25. The van der Waals surface area contributed by atoms with Crippen LogP contribution in [0, 0.1) is 5.82 Å². The number of benzene rings is 2. The largest absolute Gasteiger partial charge is 0.495 e. The van der Waals surface area contributed by atoms with Gasteiger partial charge < -0.3 is 19.5 Å². The number of ether oxygens (including phenoxy) is 3. The van der Waals surface area contributed by atoms with Crippen molar-refractivity contribution in [3.8, 4) is 11.5 Å². The van der Waals surface area contributed by atoms with Gasteiger partial charge in [0.15, 0.2) is 18.2 Å². The summed E-state index contributed by atoms with van der Waals surface area (Å²) in [4.78, 5) is 23.5. The molecule has 2 rings (SSSR count). The van der Waals surface area contributed by atoms with Crippen molar-refractivity contribution in [3.63, 3.8) is 0 Å². The first kappa shape index (κ1) is 20.3. The van der Waals surface area contributed by atoms with E-state index in [1.807, 2.05) is 0 Å². The highest BCUT2D eigenvalue weighted by Crippen LogP contribution is 2.27. The highest BCUT2D eigenvalue weighted by atomic mass is 35.5. The first-order valence-corrected chi connectivity index (χ1v) is 8.12. The summed E-state index contributed by atoms with van der Waals surface area (Å²) in [6.07, 6.45) is 2.46. The average molecular weight is 394 g/mol. The van der Waals surface area contributed by atoms with E-state index in [1.165, 1.54) is 38.5 Å². The van der Waals surface area contributed by atoms with Crippen molar-refractivity contribution >= 4 is 35.2 Å². The normalized spacial score (nSPS) is 10.5. The number of methoxy groups -OCH3 is 2. The van der Waals surface area contributed by atoms with Gasteiger partial charge in [0.05, 0.1) is 19.2 Å². The van der Waals surface area contributed by atoms with Crippen LogP contribution in [0.2, 0.25) is 5.02 Å². The van der Waals surface area contributed by atoms with Crippen molar-refractivity contribution in [2.45, 2.75) is 0 Å². The van der Waals surface area contributed by atoms with Crippen LogP contribution < -0.4 is 14.8 Å². The van der Waals surface area contributed by atoms with Gasteiger partial charge in [0.1, 0.15) is 5.75 Å². The molecule has 0 aliphatic heterocycles. The van der Waals surface area contributed by atoms with Crippen LogP contribution >= 0.6 is 11.6 Å². The van der Waals surface area contributed by atoms with Gasteiger partial charge in [-0.1, -0.05) is 17.7 Å². The van der Waals surface area contributed by atoms with Gasteiger partial charge in [-0.3, -0.25) is 4.79 Å². The Labute approximate surface area is 160 Å². The van der Waals surface area contributed by atoms with Crippen molar-refractivity contribution in [2.75, 3.05) is 26.1 Å². The number of carbonyl (C=O) groups excluding carboxylic acids is 2. The van der Waals surface area contributed by atoms with E-state index >= 15 is 0 Å². The van der Waals surface area contributed by atoms with E-state index in [2.05, 4.69) is 5.32 Å². The molecule has 0 atom stereocenters. The molecule has 0 aliphatic rings. The van der Waals surface area contributed by atoms with Gasteiger partial charge in [0, 0.05) is 11.8 Å². The van der Waals surface area contributed by atoms with Crippen molar-refractivity contribution in [1.82, 2.24) is 0 Å². The quantitative estimate of drug-likeness (QED) is 0.573. The molecule has 1 N–H and O–H groups in total. The Hall–Kier alpha value is -3.06. The Bertz CT molecular complexity index is 869. The molecule has 2 aromatic carbocycles. The van der Waals surface area contributed by atoms with Crippen molar-refractivity contribution < 1.29 is 28.2 Å². The van der Waals surface area contributed by atoms with Crippen molar-refractivity contribution in [3.05, 3.63) is 58.9 Å². The minimum absolute atomic E-state index is 0.102. The maximum absolute atomic E-state index is 13.6. The highest BCUT2D eigenvalue weighted by molar-refractivity contribution is 6.32. The molecule has 6 nitrogen and oxygen atoms in total. The van der Waals surface area contributed by atoms with Gasteiger partial charge in [-0.15, -0.1) is 0 Å². The molecule has 0 saturated heterocycles. The molecule has 0 fully saturated rings. The van der Waals surface area contributed by atoms with Crippen LogP contribution in [0.4, 0.5) is 10.1 Å². The van der Waals surface area contributed by atoms with E-state index < -0.39 is 24.3 Å². The zero-order valence-electron chi connectivity index (χ0n) is 14.6. The van der Waals surface area contributed by atoms with Gasteiger partial charge in [-0.2, -0.15) is 0 Å². The van der Waals surface area contributed by atoms with Crippen LogP contribution in [-0.2, 0) is 14.3 Å². The van der Waals surface area contributed by atoms with E-state index in [9.17, 15) is 14.0 Å². The predicted octanol–water partition coefficient (Wildman–Crippen LogP) is 3.69. The second-order valence-corrected chi connectivity index (χ2v) is 5.64. The number of hydrogen-bond acceptors (Lipinski definition) is 5. The maximum Gasteiger partial charge on any atom is 0.331 e. The summed E-state index contributed by atoms with van der Waals surface area (Å²) in [7, 11) is 2.84. The summed E-state index contributed by atoms with van der Waals surface area (Å²) in [6.45, 7) is -0.482. The molecule has 0 bridgehead atoms. The molecule has 142 valence electrons. The molecule has 0 unspecified atom stereocenters. The van der Waals surface area contributed by atoms with Gasteiger partial charge in [-0.25, -0.2) is 9.18 Å². The Morgan fingerprint density at radius 1 is 1.11 bits per heavy atom. The second-order valence-electron chi connectivity index (χ2n) is 5.23. The molecular formula is C19H17ClFNO5. The first-order chi connectivity index (χ1) is 12.9. The number of amides is 1. The van der Waals surface area contributed by atoms with E-state index in [0.29, 0.717) is 22.0 Å². The maximum atomic E-state index is 13.6. The lowest BCUT2D eigenvalue weighted by Gasteiger charge is -2.08. The lowest BCUT2D eigenvalue weighted by atomic mass is 10.2. The summed E-state index contributed by atoms with van der Waals surface area (Å²) in [5.41, 5.74) is 0.883. The van der Waals surface area contributed by atoms with Crippen molar-refractivity contribution in [1.29, 1.82) is 0 Å². The fraction of sp³-hybridized carbons (Fsp3) is 0.158. The molecule has 27 heavy (non-hydrogen) atoms. The Morgan fingerprint density at radius 2 is 1.81 bits per heavy atom. The lowest BCUT2D eigenvalue weighted by Crippen LogP contribution is -2.20. The van der Waals surface area contributed by atoms with Gasteiger partial charge >= 0.3 is 5.97 Å². The molecule has 0 radical (unpaired) electrons. The molecule has 8 heteroatoms. The summed E-state index contributed by atoms with van der Waals surface area (Å²) < 4.78 is 28.2. The molecule has 0 heterocycles. The summed E-state index contributed by atoms with van der Waals surface area (Å²) >= 11 is 5.96. The predicted molar refractivity (Wildman–Crippen MR) is 99.6 cm³/mol. The van der Waals surface area contributed by atoms with E-state index in [0.717, 1.165) is 6.08 Å². The summed E-state index contributed by atoms with van der Waals surface area (Å²) in [6, 6.07) is 8.93. The third kappa shape index (κ3) is 6.00. The average Bonchev–Trinajstić information content (AvgIpc) is 2.65. The number of hydrogen-bond donors (Lipinski definition) is 1. The number of rotatable bonds is 7. The van der Waals surface area contributed by atoms with Gasteiger partial charge in [0.2, 0.25) is 0 Å². The lowest BCUT2D eigenvalue weighted by molar-refractivity contribution is -0.142. The Balaban J connectivity index is 1.85. The Morgan fingerprint density at radius 3 is 2.44 bits per heavy atom. The fourth-order valence-corrected chi connectivity index (χ4v) is 2.33. The number of nitrogens with one attached hydrogen (secondary N) is 1. The fourth-order valence-electron chi connectivity index (χ4n) is 2.08. The van der Waals surface area contributed by atoms with Crippen LogP contribution in [0.5, 0.6) is 11.5 Å². The third-order valence-corrected chi connectivity index (χ3v) is 3.66. The number of anilines is 1. The standard InChI is InChI=1S/C19H17ClFNO5/c1-25-16-7-5-13(10-14(16)20)22-18(23)11-27-19(24)8-4-12-3-6-17(26-2)15(21)9-12/h3-10H,11H2,1-2H3,(H,22,23)/b8-4+. The van der Waals surface area contributed by atoms with E-state index in [1.54, 1.807) is 18.2 Å². The topological polar surface area (TPSA) is 73.9 Å². The molecule has 0 spiro atoms. The SMILES string of the molecule is COc1ccc(/C=C/C(=O)OCC(=O)Nc2ccc(OC)c(Cl)c2)cc1F. The number of halogens is 2. The second kappa shape index (κ2) is 9.59. The zero-order chi connectivity index (χ0) is 19.8. The minimum atomic E-state index is -0.742. The summed E-state index contributed by atoms with van der Waals surface area (Å²) in [5, 5.41) is 2.87. The first-order valence-electron chi connectivity index (χ1n) is 7.74. The monoisotopic (exact) mass is 393 g/mol. The zero-order valence-corrected chi connectivity index (χ0v) is 15.4. The van der Waals surface area contributed by atoms with Crippen LogP contribution in [0.3, 0.4) is 0 Å². The molecule has 1 amide bonds. The van der Waals surface area contributed by atoms with Crippen LogP contribution in [0.1, 0.15) is 5.56 Å². The van der Waals surface area contributed by atoms with Crippen LogP contribution in [0.25, 0.3) is 6.08 Å². The molecule has 0 aliphatic carbocycles. The van der Waals surface area contributed by atoms with Gasteiger partial charge in [-0.05, 0) is 42.0 Å².